The first-order valence-corrected chi connectivity index (χ1v) is 6.76. The van der Waals surface area contributed by atoms with E-state index in [0.717, 1.165) is 0 Å². The second-order valence-electron chi connectivity index (χ2n) is 4.95. The Bertz CT molecular complexity index is 700. The Hall–Kier alpha value is -2.61. The Morgan fingerprint density at radius 1 is 1.45 bits per heavy atom. The van der Waals surface area contributed by atoms with Gasteiger partial charge in [0, 0.05) is 20.0 Å². The van der Waals surface area contributed by atoms with Gasteiger partial charge in [-0.1, -0.05) is 0 Å². The highest BCUT2D eigenvalue weighted by atomic mass is 16.5. The fraction of sp³-hybridized carbons (Fsp3) is 0.357. The molecule has 8 nitrogen and oxygen atoms in total. The van der Waals surface area contributed by atoms with E-state index < -0.39 is 6.04 Å². The maximum absolute atomic E-state index is 12.0. The molecule has 8 heteroatoms. The number of aromatic nitrogens is 2. The molecule has 116 valence electrons. The molecule has 0 fully saturated rings. The van der Waals surface area contributed by atoms with Crippen molar-refractivity contribution in [3.8, 4) is 11.5 Å². The number of rotatable bonds is 3. The molecule has 1 aliphatic rings. The summed E-state index contributed by atoms with van der Waals surface area (Å²) >= 11 is 0. The Kier molecular flexibility index (Phi) is 3.68. The van der Waals surface area contributed by atoms with Gasteiger partial charge in [0.1, 0.15) is 24.1 Å². The second kappa shape index (κ2) is 5.64. The maximum Gasteiger partial charge on any atom is 0.253 e. The molecule has 0 radical (unpaired) electrons. The molecule has 2 aromatic rings. The smallest absolute Gasteiger partial charge is 0.253 e. The third-order valence-corrected chi connectivity index (χ3v) is 3.29. The molecule has 1 amide bonds. The third kappa shape index (κ3) is 2.73. The lowest BCUT2D eigenvalue weighted by molar-refractivity contribution is -0.119. The van der Waals surface area contributed by atoms with Gasteiger partial charge in [-0.2, -0.15) is 0 Å². The Balaban J connectivity index is 1.79. The first-order chi connectivity index (χ1) is 10.5. The molecular formula is C14H16N4O4. The van der Waals surface area contributed by atoms with E-state index in [1.165, 1.54) is 4.90 Å². The van der Waals surface area contributed by atoms with Crippen molar-refractivity contribution < 1.29 is 18.7 Å². The van der Waals surface area contributed by atoms with Crippen LogP contribution in [0, 0.1) is 6.92 Å². The van der Waals surface area contributed by atoms with E-state index in [2.05, 4.69) is 10.2 Å². The summed E-state index contributed by atoms with van der Waals surface area (Å²) in [6, 6.07) is 4.53. The summed E-state index contributed by atoms with van der Waals surface area (Å²) in [4.78, 5) is 13.5. The number of ether oxygens (including phenoxy) is 2. The minimum absolute atomic E-state index is 0.150. The summed E-state index contributed by atoms with van der Waals surface area (Å²) in [5.74, 6) is 1.81. The van der Waals surface area contributed by atoms with E-state index in [-0.39, 0.29) is 19.1 Å². The lowest BCUT2D eigenvalue weighted by atomic mass is 10.2. The van der Waals surface area contributed by atoms with Crippen LogP contribution in [-0.4, -0.2) is 35.8 Å². The number of amides is 1. The molecule has 0 unspecified atom stereocenters. The molecule has 1 atom stereocenters. The van der Waals surface area contributed by atoms with Crippen molar-refractivity contribution in [2.24, 2.45) is 5.73 Å². The fourth-order valence-corrected chi connectivity index (χ4v) is 2.13. The van der Waals surface area contributed by atoms with E-state index in [9.17, 15) is 4.79 Å². The molecule has 2 N–H and O–H groups in total. The first kappa shape index (κ1) is 14.3. The van der Waals surface area contributed by atoms with Crippen LogP contribution >= 0.6 is 0 Å². The minimum atomic E-state index is -0.678. The van der Waals surface area contributed by atoms with Crippen LogP contribution in [0.4, 0.5) is 5.69 Å². The molecule has 1 aromatic carbocycles. The zero-order chi connectivity index (χ0) is 15.7. The van der Waals surface area contributed by atoms with Gasteiger partial charge in [-0.25, -0.2) is 0 Å². The topological polar surface area (TPSA) is 104 Å². The standard InChI is InChI=1S/C14H16N4O4/c1-8-16-17-13(22-8)7-20-9-3-4-12-11(5-9)18(2)14(19)10(15)6-21-12/h3-5,10H,6-7,15H2,1-2H3/t10-/m0/s1. The Morgan fingerprint density at radius 2 is 2.27 bits per heavy atom. The lowest BCUT2D eigenvalue weighted by Gasteiger charge is -2.18. The molecule has 0 saturated carbocycles. The van der Waals surface area contributed by atoms with E-state index in [4.69, 9.17) is 19.6 Å². The van der Waals surface area contributed by atoms with Crippen LogP contribution in [0.3, 0.4) is 0 Å². The van der Waals surface area contributed by atoms with Crippen LogP contribution in [0.15, 0.2) is 22.6 Å². The van der Waals surface area contributed by atoms with Crippen molar-refractivity contribution in [2.75, 3.05) is 18.6 Å². The van der Waals surface area contributed by atoms with Gasteiger partial charge in [0.05, 0.1) is 5.69 Å². The summed E-state index contributed by atoms with van der Waals surface area (Å²) in [5.41, 5.74) is 6.36. The van der Waals surface area contributed by atoms with Gasteiger partial charge in [-0.05, 0) is 12.1 Å². The highest BCUT2D eigenvalue weighted by Crippen LogP contribution is 2.34. The van der Waals surface area contributed by atoms with Crippen LogP contribution in [0.25, 0.3) is 0 Å². The number of aryl methyl sites for hydroxylation is 1. The van der Waals surface area contributed by atoms with Crippen molar-refractivity contribution >= 4 is 11.6 Å². The molecular weight excluding hydrogens is 288 g/mol. The maximum atomic E-state index is 12.0. The largest absolute Gasteiger partial charge is 0.489 e. The van der Waals surface area contributed by atoms with Crippen molar-refractivity contribution in [1.29, 1.82) is 0 Å². The fourth-order valence-electron chi connectivity index (χ4n) is 2.13. The highest BCUT2D eigenvalue weighted by Gasteiger charge is 2.26. The average molecular weight is 304 g/mol. The molecule has 0 aliphatic carbocycles. The zero-order valence-corrected chi connectivity index (χ0v) is 12.3. The highest BCUT2D eigenvalue weighted by molar-refractivity contribution is 5.98. The molecule has 0 spiro atoms. The summed E-state index contributed by atoms with van der Waals surface area (Å²) < 4.78 is 16.4. The number of hydrogen-bond acceptors (Lipinski definition) is 7. The van der Waals surface area contributed by atoms with Crippen LogP contribution in [0.1, 0.15) is 11.8 Å². The van der Waals surface area contributed by atoms with Gasteiger partial charge >= 0.3 is 0 Å². The van der Waals surface area contributed by atoms with Gasteiger partial charge in [0.25, 0.3) is 5.89 Å². The summed E-state index contributed by atoms with van der Waals surface area (Å²) in [6.07, 6.45) is 0. The predicted molar refractivity (Wildman–Crippen MR) is 76.7 cm³/mol. The lowest BCUT2D eigenvalue weighted by Crippen LogP contribution is -2.43. The molecule has 22 heavy (non-hydrogen) atoms. The monoisotopic (exact) mass is 304 g/mol. The van der Waals surface area contributed by atoms with E-state index in [0.29, 0.717) is 29.0 Å². The number of nitrogens with zero attached hydrogens (tertiary/aromatic N) is 3. The molecule has 0 bridgehead atoms. The predicted octanol–water partition coefficient (Wildman–Crippen LogP) is 0.640. The van der Waals surface area contributed by atoms with Crippen LogP contribution in [0.5, 0.6) is 11.5 Å². The number of carbonyl (C=O) groups is 1. The number of fused-ring (bicyclic) bond motifs is 1. The number of likely N-dealkylation sites (N-methyl/N-ethyl adjacent to an activating group) is 1. The van der Waals surface area contributed by atoms with Gasteiger partial charge in [-0.15, -0.1) is 10.2 Å². The summed E-state index contributed by atoms with van der Waals surface area (Å²) in [7, 11) is 1.65. The van der Waals surface area contributed by atoms with Crippen LogP contribution < -0.4 is 20.1 Å². The molecule has 0 saturated heterocycles. The normalized spacial score (nSPS) is 17.7. The number of benzene rings is 1. The summed E-state index contributed by atoms with van der Waals surface area (Å²) in [5, 5.41) is 7.58. The average Bonchev–Trinajstić information content (AvgIpc) is 2.90. The second-order valence-corrected chi connectivity index (χ2v) is 4.95. The summed E-state index contributed by atoms with van der Waals surface area (Å²) in [6.45, 7) is 2.01. The SMILES string of the molecule is Cc1nnc(COc2ccc3c(c2)N(C)C(=O)[C@@H](N)CO3)o1. The third-order valence-electron chi connectivity index (χ3n) is 3.29. The van der Waals surface area contributed by atoms with Crippen molar-refractivity contribution in [2.45, 2.75) is 19.6 Å². The van der Waals surface area contributed by atoms with E-state index in [1.807, 2.05) is 0 Å². The number of hydrogen-bond donors (Lipinski definition) is 1. The Morgan fingerprint density at radius 3 is 3.00 bits per heavy atom. The van der Waals surface area contributed by atoms with Crippen molar-refractivity contribution in [1.82, 2.24) is 10.2 Å². The first-order valence-electron chi connectivity index (χ1n) is 6.76. The van der Waals surface area contributed by atoms with Crippen molar-refractivity contribution in [3.63, 3.8) is 0 Å². The zero-order valence-electron chi connectivity index (χ0n) is 12.3. The number of carbonyl (C=O) groups excluding carboxylic acids is 1. The van der Waals surface area contributed by atoms with E-state index >= 15 is 0 Å². The number of nitrogens with two attached hydrogens (primary N) is 1. The molecule has 1 aliphatic heterocycles. The minimum Gasteiger partial charge on any atom is -0.489 e. The van der Waals surface area contributed by atoms with Gasteiger partial charge in [0.2, 0.25) is 11.8 Å². The molecule has 1 aromatic heterocycles. The molecule has 2 heterocycles. The Labute approximate surface area is 126 Å². The van der Waals surface area contributed by atoms with Crippen LogP contribution in [0.2, 0.25) is 0 Å². The van der Waals surface area contributed by atoms with Gasteiger partial charge in [-0.3, -0.25) is 4.79 Å². The number of anilines is 1. The molecule has 3 rings (SSSR count). The van der Waals surface area contributed by atoms with Gasteiger partial charge < -0.3 is 24.5 Å². The van der Waals surface area contributed by atoms with Gasteiger partial charge in [0.15, 0.2) is 6.61 Å². The quantitative estimate of drug-likeness (QED) is 0.887. The van der Waals surface area contributed by atoms with Crippen molar-refractivity contribution in [3.05, 3.63) is 30.0 Å². The van der Waals surface area contributed by atoms with Crippen LogP contribution in [-0.2, 0) is 11.4 Å². The van der Waals surface area contributed by atoms with E-state index in [1.54, 1.807) is 32.2 Å².